The summed E-state index contributed by atoms with van der Waals surface area (Å²) in [5, 5.41) is 4.72. The van der Waals surface area contributed by atoms with Crippen LogP contribution in [-0.4, -0.2) is 25.6 Å². The van der Waals surface area contributed by atoms with Gasteiger partial charge in [0.25, 0.3) is 5.91 Å². The number of esters is 1. The van der Waals surface area contributed by atoms with Gasteiger partial charge in [-0.25, -0.2) is 0 Å². The van der Waals surface area contributed by atoms with Crippen molar-refractivity contribution < 1.29 is 19.1 Å². The minimum atomic E-state index is -0.406. The fourth-order valence-electron chi connectivity index (χ4n) is 2.17. The maximum absolute atomic E-state index is 12.1. The van der Waals surface area contributed by atoms with Gasteiger partial charge in [0, 0.05) is 4.88 Å². The molecule has 0 aliphatic rings. The van der Waals surface area contributed by atoms with Crippen LogP contribution in [0.15, 0.2) is 41.8 Å². The molecule has 1 aromatic heterocycles. The summed E-state index contributed by atoms with van der Waals surface area (Å²) in [5.41, 5.74) is 1.21. The third-order valence-electron chi connectivity index (χ3n) is 3.52. The Morgan fingerprint density at radius 2 is 1.96 bits per heavy atom. The van der Waals surface area contributed by atoms with E-state index in [-0.39, 0.29) is 24.9 Å². The van der Waals surface area contributed by atoms with Crippen LogP contribution in [0.25, 0.3) is 0 Å². The third-order valence-corrected chi connectivity index (χ3v) is 4.51. The van der Waals surface area contributed by atoms with Crippen LogP contribution in [0.4, 0.5) is 0 Å². The largest absolute Gasteiger partial charge is 0.484 e. The average molecular weight is 347 g/mol. The number of hydrogen-bond donors (Lipinski definition) is 1. The van der Waals surface area contributed by atoms with Gasteiger partial charge in [0.1, 0.15) is 5.75 Å². The molecule has 0 fully saturated rings. The molecule has 2 rings (SSSR count). The van der Waals surface area contributed by atoms with Gasteiger partial charge in [-0.3, -0.25) is 9.59 Å². The van der Waals surface area contributed by atoms with Crippen molar-refractivity contribution in [3.63, 3.8) is 0 Å². The van der Waals surface area contributed by atoms with E-state index in [1.54, 1.807) is 0 Å². The number of aryl methyl sites for hydroxylation is 1. The highest BCUT2D eigenvalue weighted by molar-refractivity contribution is 7.10. The van der Waals surface area contributed by atoms with E-state index in [9.17, 15) is 9.59 Å². The zero-order chi connectivity index (χ0) is 17.4. The monoisotopic (exact) mass is 347 g/mol. The summed E-state index contributed by atoms with van der Waals surface area (Å²) in [6.45, 7) is 1.98. The van der Waals surface area contributed by atoms with Gasteiger partial charge in [0.05, 0.1) is 19.6 Å². The van der Waals surface area contributed by atoms with Gasteiger partial charge in [-0.2, -0.15) is 0 Å². The number of carbonyl (C=O) groups is 2. The van der Waals surface area contributed by atoms with E-state index in [1.165, 1.54) is 24.0 Å². The molecule has 0 saturated heterocycles. The van der Waals surface area contributed by atoms with Crippen molar-refractivity contribution in [2.75, 3.05) is 13.7 Å². The van der Waals surface area contributed by atoms with Crippen LogP contribution >= 0.6 is 11.3 Å². The molecule has 1 unspecified atom stereocenters. The second-order valence-electron chi connectivity index (χ2n) is 5.20. The lowest BCUT2D eigenvalue weighted by molar-refractivity contribution is -0.141. The van der Waals surface area contributed by atoms with E-state index in [0.29, 0.717) is 5.75 Å². The number of rotatable bonds is 8. The highest BCUT2D eigenvalue weighted by Crippen LogP contribution is 2.22. The lowest BCUT2D eigenvalue weighted by Crippen LogP contribution is -2.33. The Morgan fingerprint density at radius 1 is 1.21 bits per heavy atom. The molecular formula is C18H21NO4S. The maximum Gasteiger partial charge on any atom is 0.307 e. The number of carbonyl (C=O) groups excluding carboxylic acids is 2. The molecule has 0 aliphatic carbocycles. The van der Waals surface area contributed by atoms with Crippen molar-refractivity contribution in [3.05, 3.63) is 52.2 Å². The lowest BCUT2D eigenvalue weighted by Gasteiger charge is -2.16. The van der Waals surface area contributed by atoms with Crippen LogP contribution in [0.1, 0.15) is 29.8 Å². The highest BCUT2D eigenvalue weighted by atomic mass is 32.1. The molecular weight excluding hydrogens is 326 g/mol. The first-order chi connectivity index (χ1) is 11.6. The Morgan fingerprint density at radius 3 is 2.54 bits per heavy atom. The van der Waals surface area contributed by atoms with E-state index in [1.807, 2.05) is 41.8 Å². The number of thiophene rings is 1. The lowest BCUT2D eigenvalue weighted by atomic mass is 10.1. The zero-order valence-electron chi connectivity index (χ0n) is 13.8. The predicted molar refractivity (Wildman–Crippen MR) is 93.2 cm³/mol. The number of hydrogen-bond acceptors (Lipinski definition) is 5. The molecule has 5 nitrogen and oxygen atoms in total. The maximum atomic E-state index is 12.1. The minimum Gasteiger partial charge on any atom is -0.484 e. The van der Waals surface area contributed by atoms with Gasteiger partial charge in [-0.1, -0.05) is 25.1 Å². The van der Waals surface area contributed by atoms with Crippen LogP contribution < -0.4 is 10.1 Å². The Bertz CT molecular complexity index is 652. The number of methoxy groups -OCH3 is 1. The average Bonchev–Trinajstić information content (AvgIpc) is 3.14. The molecule has 1 atom stereocenters. The molecule has 0 radical (unpaired) electrons. The quantitative estimate of drug-likeness (QED) is 0.745. The van der Waals surface area contributed by atoms with Crippen LogP contribution in [0, 0.1) is 0 Å². The number of nitrogens with one attached hydrogen (secondary N) is 1. The summed E-state index contributed by atoms with van der Waals surface area (Å²) >= 11 is 1.48. The first-order valence-corrected chi connectivity index (χ1v) is 8.61. The van der Waals surface area contributed by atoms with Crippen LogP contribution in [0.2, 0.25) is 0 Å². The molecule has 0 bridgehead atoms. The van der Waals surface area contributed by atoms with Crippen molar-refractivity contribution in [2.45, 2.75) is 25.8 Å². The summed E-state index contributed by atoms with van der Waals surface area (Å²) in [6.07, 6.45) is 1.05. The molecule has 24 heavy (non-hydrogen) atoms. The zero-order valence-corrected chi connectivity index (χ0v) is 14.6. The van der Waals surface area contributed by atoms with E-state index in [0.717, 1.165) is 11.3 Å². The second-order valence-corrected chi connectivity index (χ2v) is 6.18. The van der Waals surface area contributed by atoms with Gasteiger partial charge >= 0.3 is 5.97 Å². The van der Waals surface area contributed by atoms with Gasteiger partial charge in [-0.15, -0.1) is 11.3 Å². The summed E-state index contributed by atoms with van der Waals surface area (Å²) < 4.78 is 10.2. The molecule has 0 spiro atoms. The first kappa shape index (κ1) is 18.0. The number of ether oxygens (including phenoxy) is 2. The standard InChI is InChI=1S/C18H21NO4S/c1-3-13-6-8-14(9-7-13)23-12-17(20)19-15(11-18(21)22-2)16-5-4-10-24-16/h4-10,15H,3,11-12H2,1-2H3,(H,19,20). The first-order valence-electron chi connectivity index (χ1n) is 7.73. The van der Waals surface area contributed by atoms with Crippen molar-refractivity contribution in [1.29, 1.82) is 0 Å². The number of amides is 1. The molecule has 1 N–H and O–H groups in total. The summed E-state index contributed by atoms with van der Waals surface area (Å²) in [4.78, 5) is 24.6. The fourth-order valence-corrected chi connectivity index (χ4v) is 2.95. The van der Waals surface area contributed by atoms with Crippen molar-refractivity contribution in [3.8, 4) is 5.75 Å². The Labute approximate surface area is 145 Å². The predicted octanol–water partition coefficient (Wildman–Crippen LogP) is 3.11. The van der Waals surface area contributed by atoms with E-state index in [2.05, 4.69) is 12.2 Å². The highest BCUT2D eigenvalue weighted by Gasteiger charge is 2.20. The van der Waals surface area contributed by atoms with Gasteiger partial charge < -0.3 is 14.8 Å². The Balaban J connectivity index is 1.90. The summed E-state index contributed by atoms with van der Waals surface area (Å²) in [6, 6.07) is 11.0. The fraction of sp³-hybridized carbons (Fsp3) is 0.333. The van der Waals surface area contributed by atoms with E-state index >= 15 is 0 Å². The van der Waals surface area contributed by atoms with E-state index in [4.69, 9.17) is 9.47 Å². The smallest absolute Gasteiger partial charge is 0.307 e. The van der Waals surface area contributed by atoms with Crippen LogP contribution in [0.5, 0.6) is 5.75 Å². The van der Waals surface area contributed by atoms with Gasteiger partial charge in [0.2, 0.25) is 0 Å². The Hall–Kier alpha value is -2.34. The van der Waals surface area contributed by atoms with Crippen molar-refractivity contribution in [1.82, 2.24) is 5.32 Å². The van der Waals surface area contributed by atoms with Crippen LogP contribution in [0.3, 0.4) is 0 Å². The summed E-state index contributed by atoms with van der Waals surface area (Å²) in [5.74, 6) is -0.00960. The van der Waals surface area contributed by atoms with Crippen molar-refractivity contribution in [2.24, 2.45) is 0 Å². The topological polar surface area (TPSA) is 64.6 Å². The third kappa shape index (κ3) is 5.38. The van der Waals surface area contributed by atoms with Crippen LogP contribution in [-0.2, 0) is 20.7 Å². The van der Waals surface area contributed by atoms with Gasteiger partial charge in [0.15, 0.2) is 6.61 Å². The van der Waals surface area contributed by atoms with Crippen molar-refractivity contribution >= 4 is 23.2 Å². The summed E-state index contributed by atoms with van der Waals surface area (Å²) in [7, 11) is 1.33. The molecule has 0 saturated carbocycles. The second kappa shape index (κ2) is 9.08. The number of benzene rings is 1. The molecule has 6 heteroatoms. The molecule has 1 amide bonds. The van der Waals surface area contributed by atoms with E-state index < -0.39 is 6.04 Å². The molecule has 0 aliphatic heterocycles. The minimum absolute atomic E-state index is 0.0912. The molecule has 128 valence electrons. The molecule has 2 aromatic rings. The molecule has 1 aromatic carbocycles. The molecule has 1 heterocycles. The normalized spacial score (nSPS) is 11.6. The SMILES string of the molecule is CCc1ccc(OCC(=O)NC(CC(=O)OC)c2cccs2)cc1. The van der Waals surface area contributed by atoms with Gasteiger partial charge in [-0.05, 0) is 35.6 Å². The Kier molecular flexibility index (Phi) is 6.81.